The third kappa shape index (κ3) is 4.95. The van der Waals surface area contributed by atoms with Crippen molar-refractivity contribution in [2.75, 3.05) is 30.8 Å². The van der Waals surface area contributed by atoms with Crippen molar-refractivity contribution in [1.82, 2.24) is 9.62 Å². The molecule has 25 heavy (non-hydrogen) atoms. The molecule has 1 aliphatic heterocycles. The molecule has 1 aliphatic rings. The van der Waals surface area contributed by atoms with Crippen LogP contribution in [0.3, 0.4) is 0 Å². The van der Waals surface area contributed by atoms with Crippen molar-refractivity contribution in [3.05, 3.63) is 29.8 Å². The molecule has 1 fully saturated rings. The molecule has 0 bridgehead atoms. The van der Waals surface area contributed by atoms with Gasteiger partial charge in [0.05, 0.1) is 11.3 Å². The fourth-order valence-electron chi connectivity index (χ4n) is 2.93. The van der Waals surface area contributed by atoms with Crippen molar-refractivity contribution in [2.45, 2.75) is 45.7 Å². The number of hydrogen-bond donors (Lipinski definition) is 1. The van der Waals surface area contributed by atoms with Crippen molar-refractivity contribution in [3.8, 4) is 0 Å². The van der Waals surface area contributed by atoms with Crippen molar-refractivity contribution >= 4 is 21.6 Å². The van der Waals surface area contributed by atoms with Gasteiger partial charge in [0, 0.05) is 37.9 Å². The van der Waals surface area contributed by atoms with Crippen molar-refractivity contribution in [3.63, 3.8) is 0 Å². The Balaban J connectivity index is 2.10. The fourth-order valence-corrected chi connectivity index (χ4v) is 3.84. The number of para-hydroxylation sites is 1. The molecule has 1 aromatic rings. The van der Waals surface area contributed by atoms with Gasteiger partial charge in [-0.1, -0.05) is 12.1 Å². The first kappa shape index (κ1) is 19.7. The molecular weight excluding hydrogens is 338 g/mol. The molecule has 0 unspecified atom stereocenters. The maximum Gasteiger partial charge on any atom is 0.255 e. The SMILES string of the molecule is CCS(=O)(=O)NC1CCN(c2ccccc2C(=O)N(C)C(C)C)CC1. The molecule has 0 saturated carbocycles. The van der Waals surface area contributed by atoms with Gasteiger partial charge in [-0.3, -0.25) is 4.79 Å². The summed E-state index contributed by atoms with van der Waals surface area (Å²) in [4.78, 5) is 16.7. The molecule has 0 spiro atoms. The summed E-state index contributed by atoms with van der Waals surface area (Å²) in [7, 11) is -1.36. The smallest absolute Gasteiger partial charge is 0.255 e. The average Bonchev–Trinajstić information content (AvgIpc) is 2.60. The number of rotatable bonds is 6. The minimum atomic E-state index is -3.17. The molecule has 6 nitrogen and oxygen atoms in total. The summed E-state index contributed by atoms with van der Waals surface area (Å²) in [5, 5.41) is 0. The summed E-state index contributed by atoms with van der Waals surface area (Å²) in [6.45, 7) is 7.08. The summed E-state index contributed by atoms with van der Waals surface area (Å²) in [5.41, 5.74) is 1.63. The Morgan fingerprint density at radius 3 is 2.44 bits per heavy atom. The molecule has 1 amide bonds. The highest BCUT2D eigenvalue weighted by atomic mass is 32.2. The zero-order valence-corrected chi connectivity index (χ0v) is 16.3. The van der Waals surface area contributed by atoms with Crippen molar-refractivity contribution in [1.29, 1.82) is 0 Å². The highest BCUT2D eigenvalue weighted by Gasteiger charge is 2.26. The molecule has 7 heteroatoms. The lowest BCUT2D eigenvalue weighted by Gasteiger charge is -2.35. The van der Waals surface area contributed by atoms with Gasteiger partial charge in [0.25, 0.3) is 5.91 Å². The van der Waals surface area contributed by atoms with E-state index in [2.05, 4.69) is 9.62 Å². The van der Waals surface area contributed by atoms with E-state index >= 15 is 0 Å². The number of hydrogen-bond acceptors (Lipinski definition) is 4. The largest absolute Gasteiger partial charge is 0.371 e. The molecule has 1 heterocycles. The Morgan fingerprint density at radius 2 is 1.88 bits per heavy atom. The topological polar surface area (TPSA) is 69.7 Å². The Kier molecular flexibility index (Phi) is 6.46. The first-order valence-electron chi connectivity index (χ1n) is 8.86. The molecule has 1 aromatic carbocycles. The van der Waals surface area contributed by atoms with Gasteiger partial charge < -0.3 is 9.80 Å². The van der Waals surface area contributed by atoms with Gasteiger partial charge in [-0.05, 0) is 45.7 Å². The van der Waals surface area contributed by atoms with Crippen LogP contribution in [0.2, 0.25) is 0 Å². The predicted octanol–water partition coefficient (Wildman–Crippen LogP) is 2.08. The minimum absolute atomic E-state index is 0.0133. The summed E-state index contributed by atoms with van der Waals surface area (Å²) in [5.74, 6) is 0.117. The van der Waals surface area contributed by atoms with Gasteiger partial charge in [-0.2, -0.15) is 0 Å². The van der Waals surface area contributed by atoms with Crippen LogP contribution in [0, 0.1) is 0 Å². The van der Waals surface area contributed by atoms with Crippen molar-refractivity contribution in [2.24, 2.45) is 0 Å². The summed E-state index contributed by atoms with van der Waals surface area (Å²) in [6, 6.07) is 7.76. The lowest BCUT2D eigenvalue weighted by Crippen LogP contribution is -2.45. The maximum absolute atomic E-state index is 12.7. The van der Waals surface area contributed by atoms with E-state index in [4.69, 9.17) is 0 Å². The van der Waals surface area contributed by atoms with Crippen LogP contribution < -0.4 is 9.62 Å². The molecule has 1 saturated heterocycles. The maximum atomic E-state index is 12.7. The van der Waals surface area contributed by atoms with E-state index in [1.165, 1.54) is 0 Å². The third-order valence-corrected chi connectivity index (χ3v) is 6.24. The average molecular weight is 368 g/mol. The van der Waals surface area contributed by atoms with E-state index in [1.807, 2.05) is 45.2 Å². The molecule has 1 N–H and O–H groups in total. The van der Waals surface area contributed by atoms with Crippen LogP contribution in [-0.2, 0) is 10.0 Å². The minimum Gasteiger partial charge on any atom is -0.371 e. The predicted molar refractivity (Wildman–Crippen MR) is 102 cm³/mol. The lowest BCUT2D eigenvalue weighted by molar-refractivity contribution is 0.0755. The molecule has 0 atom stereocenters. The normalized spacial score (nSPS) is 16.3. The molecule has 140 valence electrons. The van der Waals surface area contributed by atoms with Gasteiger partial charge >= 0.3 is 0 Å². The highest BCUT2D eigenvalue weighted by molar-refractivity contribution is 7.89. The molecule has 0 radical (unpaired) electrons. The second-order valence-electron chi connectivity index (χ2n) is 6.81. The number of amides is 1. The number of benzene rings is 1. The zero-order chi connectivity index (χ0) is 18.6. The molecular formula is C18H29N3O3S. The second-order valence-corrected chi connectivity index (χ2v) is 8.85. The summed E-state index contributed by atoms with van der Waals surface area (Å²) in [6.07, 6.45) is 1.48. The van der Waals surface area contributed by atoms with Crippen LogP contribution in [0.25, 0.3) is 0 Å². The van der Waals surface area contributed by atoms with Gasteiger partial charge in [0.15, 0.2) is 0 Å². The first-order chi connectivity index (χ1) is 11.7. The third-order valence-electron chi connectivity index (χ3n) is 4.79. The Hall–Kier alpha value is -1.60. The quantitative estimate of drug-likeness (QED) is 0.836. The highest BCUT2D eigenvalue weighted by Crippen LogP contribution is 2.26. The van der Waals surface area contributed by atoms with E-state index in [-0.39, 0.29) is 23.7 Å². The van der Waals surface area contributed by atoms with Crippen molar-refractivity contribution < 1.29 is 13.2 Å². The Morgan fingerprint density at radius 1 is 1.28 bits per heavy atom. The summed E-state index contributed by atoms with van der Waals surface area (Å²) >= 11 is 0. The Bertz CT molecular complexity index is 695. The van der Waals surface area contributed by atoms with Crippen LogP contribution in [-0.4, -0.2) is 57.2 Å². The van der Waals surface area contributed by atoms with Crippen LogP contribution in [0.15, 0.2) is 24.3 Å². The Labute approximate surface area is 151 Å². The van der Waals surface area contributed by atoms with Crippen LogP contribution in [0.1, 0.15) is 44.0 Å². The number of sulfonamides is 1. The monoisotopic (exact) mass is 367 g/mol. The fraction of sp³-hybridized carbons (Fsp3) is 0.611. The van der Waals surface area contributed by atoms with Crippen LogP contribution in [0.4, 0.5) is 5.69 Å². The number of nitrogens with one attached hydrogen (secondary N) is 1. The zero-order valence-electron chi connectivity index (χ0n) is 15.5. The van der Waals surface area contributed by atoms with E-state index in [1.54, 1.807) is 11.8 Å². The number of piperidine rings is 1. The standard InChI is InChI=1S/C18H29N3O3S/c1-5-25(23,24)19-15-10-12-21(13-11-15)17-9-7-6-8-16(17)18(22)20(4)14(2)3/h6-9,14-15,19H,5,10-13H2,1-4H3. The number of carbonyl (C=O) groups excluding carboxylic acids is 1. The van der Waals surface area contributed by atoms with Crippen LogP contribution >= 0.6 is 0 Å². The number of nitrogens with zero attached hydrogens (tertiary/aromatic N) is 2. The van der Waals surface area contributed by atoms with E-state index in [0.29, 0.717) is 5.56 Å². The van der Waals surface area contributed by atoms with E-state index < -0.39 is 10.0 Å². The van der Waals surface area contributed by atoms with E-state index in [9.17, 15) is 13.2 Å². The van der Waals surface area contributed by atoms with Gasteiger partial charge in [-0.25, -0.2) is 13.1 Å². The first-order valence-corrected chi connectivity index (χ1v) is 10.5. The second kappa shape index (κ2) is 8.19. The number of anilines is 1. The van der Waals surface area contributed by atoms with Gasteiger partial charge in [0.1, 0.15) is 0 Å². The lowest BCUT2D eigenvalue weighted by atomic mass is 10.0. The van der Waals surface area contributed by atoms with Gasteiger partial charge in [0.2, 0.25) is 10.0 Å². The molecule has 2 rings (SSSR count). The van der Waals surface area contributed by atoms with Gasteiger partial charge in [-0.15, -0.1) is 0 Å². The molecule has 0 aliphatic carbocycles. The van der Waals surface area contributed by atoms with E-state index in [0.717, 1.165) is 31.6 Å². The summed E-state index contributed by atoms with van der Waals surface area (Å²) < 4.78 is 26.2. The number of carbonyl (C=O) groups is 1. The molecule has 0 aromatic heterocycles. The van der Waals surface area contributed by atoms with Crippen LogP contribution in [0.5, 0.6) is 0 Å².